The lowest BCUT2D eigenvalue weighted by Crippen LogP contribution is -2.33. The van der Waals surface area contributed by atoms with Crippen LogP contribution in [0.15, 0.2) is 24.3 Å². The van der Waals surface area contributed by atoms with E-state index in [-0.39, 0.29) is 23.4 Å². The molecule has 1 atom stereocenters. The highest BCUT2D eigenvalue weighted by Crippen LogP contribution is 2.24. The van der Waals surface area contributed by atoms with Crippen LogP contribution >= 0.6 is 11.8 Å². The maximum absolute atomic E-state index is 12.2. The summed E-state index contributed by atoms with van der Waals surface area (Å²) in [5, 5.41) is 2.75. The molecule has 1 fully saturated rings. The lowest BCUT2D eigenvalue weighted by atomic mass is 9.87. The standard InChI is InChI=1S/C19H28N2O3S/c1-19(2,3)14-6-8-15(9-7-14)24-12-5-11-21-17(22)16(10-13-25-4)20-18(21)23/h6-9,16H,5,10-13H2,1-4H3,(H,20,23). The van der Waals surface area contributed by atoms with Gasteiger partial charge in [-0.1, -0.05) is 32.9 Å². The summed E-state index contributed by atoms with van der Waals surface area (Å²) in [6, 6.07) is 7.42. The Morgan fingerprint density at radius 1 is 1.20 bits per heavy atom. The van der Waals surface area contributed by atoms with Gasteiger partial charge in [-0.05, 0) is 48.0 Å². The van der Waals surface area contributed by atoms with Gasteiger partial charge in [-0.15, -0.1) is 0 Å². The van der Waals surface area contributed by atoms with Crippen molar-refractivity contribution in [2.75, 3.05) is 25.2 Å². The summed E-state index contributed by atoms with van der Waals surface area (Å²) in [6.07, 6.45) is 3.29. The SMILES string of the molecule is CSCCC1NC(=O)N(CCCOc2ccc(C(C)(C)C)cc2)C1=O. The lowest BCUT2D eigenvalue weighted by molar-refractivity contribution is -0.127. The zero-order valence-electron chi connectivity index (χ0n) is 15.5. The Hall–Kier alpha value is -1.69. The smallest absolute Gasteiger partial charge is 0.324 e. The zero-order valence-corrected chi connectivity index (χ0v) is 16.3. The number of carbonyl (C=O) groups excluding carboxylic acids is 2. The van der Waals surface area contributed by atoms with Gasteiger partial charge in [0.15, 0.2) is 0 Å². The number of hydrogen-bond acceptors (Lipinski definition) is 4. The van der Waals surface area contributed by atoms with Gasteiger partial charge < -0.3 is 10.1 Å². The normalized spacial score (nSPS) is 17.8. The Morgan fingerprint density at radius 3 is 2.48 bits per heavy atom. The van der Waals surface area contributed by atoms with Crippen molar-refractivity contribution in [3.05, 3.63) is 29.8 Å². The molecule has 2 rings (SSSR count). The van der Waals surface area contributed by atoms with E-state index in [1.54, 1.807) is 11.8 Å². The molecular formula is C19H28N2O3S. The number of hydrogen-bond donors (Lipinski definition) is 1. The molecule has 1 aromatic carbocycles. The third-order valence-electron chi connectivity index (χ3n) is 4.23. The number of urea groups is 1. The van der Waals surface area contributed by atoms with E-state index in [2.05, 4.69) is 38.2 Å². The van der Waals surface area contributed by atoms with Crippen LogP contribution in [0.5, 0.6) is 5.75 Å². The average molecular weight is 365 g/mol. The van der Waals surface area contributed by atoms with E-state index in [0.29, 0.717) is 26.0 Å². The highest BCUT2D eigenvalue weighted by molar-refractivity contribution is 7.98. The molecule has 25 heavy (non-hydrogen) atoms. The molecule has 0 aliphatic carbocycles. The number of carbonyl (C=O) groups is 2. The predicted molar refractivity (Wildman–Crippen MR) is 102 cm³/mol. The molecule has 1 N–H and O–H groups in total. The van der Waals surface area contributed by atoms with Gasteiger partial charge in [0.2, 0.25) is 0 Å². The van der Waals surface area contributed by atoms with E-state index >= 15 is 0 Å². The molecule has 1 heterocycles. The van der Waals surface area contributed by atoms with Gasteiger partial charge in [-0.2, -0.15) is 11.8 Å². The Bertz CT molecular complexity index is 596. The summed E-state index contributed by atoms with van der Waals surface area (Å²) in [5.41, 5.74) is 1.38. The Kier molecular flexibility index (Phi) is 6.76. The van der Waals surface area contributed by atoms with Gasteiger partial charge in [0, 0.05) is 6.54 Å². The number of benzene rings is 1. The molecular weight excluding hydrogens is 336 g/mol. The first-order chi connectivity index (χ1) is 11.8. The second kappa shape index (κ2) is 8.61. The minimum Gasteiger partial charge on any atom is -0.494 e. The van der Waals surface area contributed by atoms with Crippen molar-refractivity contribution in [1.82, 2.24) is 10.2 Å². The topological polar surface area (TPSA) is 58.6 Å². The summed E-state index contributed by atoms with van der Waals surface area (Å²) in [5.74, 6) is 1.55. The second-order valence-electron chi connectivity index (χ2n) is 7.25. The molecule has 1 aromatic rings. The Labute approximate surface area is 154 Å². The lowest BCUT2D eigenvalue weighted by Gasteiger charge is -2.19. The first-order valence-corrected chi connectivity index (χ1v) is 10.1. The number of imide groups is 1. The molecule has 1 aliphatic heterocycles. The molecule has 138 valence electrons. The van der Waals surface area contributed by atoms with E-state index in [4.69, 9.17) is 4.74 Å². The minimum atomic E-state index is -0.370. The van der Waals surface area contributed by atoms with E-state index in [0.717, 1.165) is 11.5 Å². The summed E-state index contributed by atoms with van der Waals surface area (Å²) in [6.45, 7) is 7.39. The fourth-order valence-corrected chi connectivity index (χ4v) is 3.16. The first kappa shape index (κ1) is 19.6. The number of nitrogens with one attached hydrogen (secondary N) is 1. The van der Waals surface area contributed by atoms with Crippen LogP contribution in [-0.2, 0) is 10.2 Å². The first-order valence-electron chi connectivity index (χ1n) is 8.67. The number of amides is 3. The van der Waals surface area contributed by atoms with Gasteiger partial charge in [0.25, 0.3) is 5.91 Å². The quantitative estimate of drug-likeness (QED) is 0.567. The largest absolute Gasteiger partial charge is 0.494 e. The van der Waals surface area contributed by atoms with Crippen molar-refractivity contribution in [2.24, 2.45) is 0 Å². The summed E-state index contributed by atoms with van der Waals surface area (Å²) >= 11 is 1.67. The molecule has 1 aliphatic rings. The van der Waals surface area contributed by atoms with Crippen molar-refractivity contribution < 1.29 is 14.3 Å². The van der Waals surface area contributed by atoms with Crippen molar-refractivity contribution >= 4 is 23.7 Å². The molecule has 0 spiro atoms. The van der Waals surface area contributed by atoms with Crippen LogP contribution in [0.25, 0.3) is 0 Å². The molecule has 0 saturated carbocycles. The third kappa shape index (κ3) is 5.39. The van der Waals surface area contributed by atoms with Crippen LogP contribution in [0.3, 0.4) is 0 Å². The van der Waals surface area contributed by atoms with Gasteiger partial charge in [0.05, 0.1) is 6.61 Å². The van der Waals surface area contributed by atoms with Crippen LogP contribution in [-0.4, -0.2) is 48.0 Å². The monoisotopic (exact) mass is 364 g/mol. The second-order valence-corrected chi connectivity index (χ2v) is 8.24. The Morgan fingerprint density at radius 2 is 1.88 bits per heavy atom. The number of thioether (sulfide) groups is 1. The number of ether oxygens (including phenoxy) is 1. The molecule has 0 radical (unpaired) electrons. The van der Waals surface area contributed by atoms with Crippen molar-refractivity contribution in [3.63, 3.8) is 0 Å². The van der Waals surface area contributed by atoms with Crippen LogP contribution in [0.2, 0.25) is 0 Å². The molecule has 0 aromatic heterocycles. The number of rotatable bonds is 8. The molecule has 3 amide bonds. The molecule has 0 bridgehead atoms. The van der Waals surface area contributed by atoms with E-state index in [1.807, 2.05) is 18.4 Å². The highest BCUT2D eigenvalue weighted by Gasteiger charge is 2.36. The molecule has 1 saturated heterocycles. The summed E-state index contributed by atoms with van der Waals surface area (Å²) in [4.78, 5) is 25.4. The predicted octanol–water partition coefficient (Wildman–Crippen LogP) is 3.43. The van der Waals surface area contributed by atoms with Crippen LogP contribution in [0, 0.1) is 0 Å². The van der Waals surface area contributed by atoms with Gasteiger partial charge in [0.1, 0.15) is 11.8 Å². The van der Waals surface area contributed by atoms with Gasteiger partial charge in [-0.3, -0.25) is 9.69 Å². The fraction of sp³-hybridized carbons (Fsp3) is 0.579. The van der Waals surface area contributed by atoms with Crippen LogP contribution in [0.4, 0.5) is 4.79 Å². The van der Waals surface area contributed by atoms with E-state index in [9.17, 15) is 9.59 Å². The zero-order chi connectivity index (χ0) is 18.4. The van der Waals surface area contributed by atoms with E-state index in [1.165, 1.54) is 10.5 Å². The molecule has 1 unspecified atom stereocenters. The average Bonchev–Trinajstić information content (AvgIpc) is 2.83. The van der Waals surface area contributed by atoms with Crippen LogP contribution in [0.1, 0.15) is 39.2 Å². The van der Waals surface area contributed by atoms with Gasteiger partial charge in [-0.25, -0.2) is 4.79 Å². The molecule has 5 nitrogen and oxygen atoms in total. The maximum Gasteiger partial charge on any atom is 0.324 e. The minimum absolute atomic E-state index is 0.117. The van der Waals surface area contributed by atoms with Crippen molar-refractivity contribution in [3.8, 4) is 5.75 Å². The van der Waals surface area contributed by atoms with Gasteiger partial charge >= 0.3 is 6.03 Å². The third-order valence-corrected chi connectivity index (χ3v) is 4.88. The van der Waals surface area contributed by atoms with Crippen molar-refractivity contribution in [2.45, 2.75) is 45.1 Å². The summed E-state index contributed by atoms with van der Waals surface area (Å²) < 4.78 is 5.72. The fourth-order valence-electron chi connectivity index (χ4n) is 2.68. The Balaban J connectivity index is 1.75. The highest BCUT2D eigenvalue weighted by atomic mass is 32.2. The maximum atomic E-state index is 12.2. The van der Waals surface area contributed by atoms with E-state index < -0.39 is 0 Å². The molecule has 6 heteroatoms. The number of nitrogens with zero attached hydrogens (tertiary/aromatic N) is 1. The summed E-state index contributed by atoms with van der Waals surface area (Å²) in [7, 11) is 0. The van der Waals surface area contributed by atoms with Crippen LogP contribution < -0.4 is 10.1 Å². The van der Waals surface area contributed by atoms with Crippen molar-refractivity contribution in [1.29, 1.82) is 0 Å².